The largest absolute Gasteiger partial charge is 0.376 e. The first kappa shape index (κ1) is 21.2. The third kappa shape index (κ3) is 4.68. The number of aromatic nitrogens is 2. The number of anilines is 1. The van der Waals surface area contributed by atoms with Crippen molar-refractivity contribution >= 4 is 23.1 Å². The molecule has 2 fully saturated rings. The number of pyridine rings is 1. The van der Waals surface area contributed by atoms with Gasteiger partial charge >= 0.3 is 11.2 Å². The number of carbonyl (C=O) groups is 1. The first-order chi connectivity index (χ1) is 14.9. The van der Waals surface area contributed by atoms with Gasteiger partial charge in [-0.05, 0) is 30.9 Å². The molecule has 10 nitrogen and oxygen atoms in total. The maximum atomic E-state index is 12.6. The van der Waals surface area contributed by atoms with Crippen molar-refractivity contribution in [1.29, 1.82) is 0 Å². The maximum absolute atomic E-state index is 12.6. The number of nitrogens with zero attached hydrogens (tertiary/aromatic N) is 5. The highest BCUT2D eigenvalue weighted by atomic mass is 16.6. The van der Waals surface area contributed by atoms with Crippen molar-refractivity contribution in [3.63, 3.8) is 0 Å². The summed E-state index contributed by atoms with van der Waals surface area (Å²) in [6.45, 7) is 4.61. The van der Waals surface area contributed by atoms with Crippen LogP contribution in [-0.2, 0) is 4.79 Å². The molecule has 2 unspecified atom stereocenters. The molecule has 3 heterocycles. The molecule has 10 heteroatoms. The van der Waals surface area contributed by atoms with Crippen LogP contribution in [0.4, 0.5) is 11.5 Å². The Morgan fingerprint density at radius 2 is 2.03 bits per heavy atom. The number of carbonyl (C=O) groups excluding carboxylic acids is 1. The minimum atomic E-state index is -0.686. The van der Waals surface area contributed by atoms with E-state index in [-0.39, 0.29) is 17.8 Å². The van der Waals surface area contributed by atoms with Crippen molar-refractivity contribution < 1.29 is 9.72 Å². The predicted molar refractivity (Wildman–Crippen MR) is 116 cm³/mol. The lowest BCUT2D eigenvalue weighted by atomic mass is 9.87. The molecule has 31 heavy (non-hydrogen) atoms. The van der Waals surface area contributed by atoms with Crippen LogP contribution >= 0.6 is 0 Å². The molecule has 2 aromatic heterocycles. The number of hydrogen-bond donors (Lipinski definition) is 1. The van der Waals surface area contributed by atoms with Gasteiger partial charge in [0.15, 0.2) is 0 Å². The molecule has 2 atom stereocenters. The molecule has 0 bridgehead atoms. The van der Waals surface area contributed by atoms with E-state index in [2.05, 4.69) is 17.2 Å². The molecule has 2 aromatic rings. The zero-order chi connectivity index (χ0) is 22.0. The molecule has 1 N–H and O–H groups in total. The lowest BCUT2D eigenvalue weighted by molar-refractivity contribution is -0.385. The minimum absolute atomic E-state index is 0.0283. The number of piperazine rings is 1. The molecule has 2 aliphatic rings. The predicted octanol–water partition coefficient (Wildman–Crippen LogP) is 1.42. The summed E-state index contributed by atoms with van der Waals surface area (Å²) in [4.78, 5) is 44.3. The fraction of sp³-hybridized carbons (Fsp3) is 0.571. The van der Waals surface area contributed by atoms with Crippen LogP contribution in [0.5, 0.6) is 0 Å². The standard InChI is InChI=1S/C21H28N6O4/c1-15-5-4-6-16(13-15)22-18(28)14-24-9-11-25(12-10-24)20-19(27(30)31)21(29)26-8-3-2-7-17(26)23-20/h2-3,7-8,15-16H,4-6,9-14H2,1H3,(H,22,28). The summed E-state index contributed by atoms with van der Waals surface area (Å²) >= 11 is 0. The lowest BCUT2D eigenvalue weighted by Gasteiger charge is -2.35. The van der Waals surface area contributed by atoms with E-state index in [1.54, 1.807) is 23.1 Å². The summed E-state index contributed by atoms with van der Waals surface area (Å²) in [7, 11) is 0. The molecule has 0 spiro atoms. The Morgan fingerprint density at radius 1 is 1.26 bits per heavy atom. The van der Waals surface area contributed by atoms with Crippen molar-refractivity contribution in [3.05, 3.63) is 44.9 Å². The third-order valence-corrected chi connectivity index (χ3v) is 6.22. The van der Waals surface area contributed by atoms with E-state index in [1.807, 2.05) is 4.90 Å². The van der Waals surface area contributed by atoms with E-state index in [9.17, 15) is 19.7 Å². The maximum Gasteiger partial charge on any atom is 0.376 e. The second-order valence-corrected chi connectivity index (χ2v) is 8.57. The highest BCUT2D eigenvalue weighted by Gasteiger charge is 2.30. The van der Waals surface area contributed by atoms with Gasteiger partial charge in [0, 0.05) is 38.4 Å². The molecule has 1 saturated carbocycles. The number of hydrogen-bond acceptors (Lipinski definition) is 7. The van der Waals surface area contributed by atoms with Crippen molar-refractivity contribution in [1.82, 2.24) is 19.6 Å². The van der Waals surface area contributed by atoms with Gasteiger partial charge < -0.3 is 10.2 Å². The fourth-order valence-corrected chi connectivity index (χ4v) is 4.61. The second kappa shape index (κ2) is 9.01. The summed E-state index contributed by atoms with van der Waals surface area (Å²) in [5.41, 5.74) is -0.827. The summed E-state index contributed by atoms with van der Waals surface area (Å²) in [6, 6.07) is 5.29. The number of nitro groups is 1. The van der Waals surface area contributed by atoms with Gasteiger partial charge in [-0.25, -0.2) is 4.98 Å². The zero-order valence-corrected chi connectivity index (χ0v) is 17.7. The van der Waals surface area contributed by atoms with Crippen LogP contribution in [-0.4, -0.2) is 63.9 Å². The van der Waals surface area contributed by atoms with Crippen molar-refractivity contribution in [3.8, 4) is 0 Å². The Labute approximate surface area is 180 Å². The summed E-state index contributed by atoms with van der Waals surface area (Å²) in [5.74, 6) is 0.777. The molecule has 1 aliphatic carbocycles. The highest BCUT2D eigenvalue weighted by molar-refractivity contribution is 5.78. The van der Waals surface area contributed by atoms with E-state index in [0.29, 0.717) is 44.3 Å². The highest BCUT2D eigenvalue weighted by Crippen LogP contribution is 2.25. The smallest absolute Gasteiger partial charge is 0.352 e. The van der Waals surface area contributed by atoms with Gasteiger partial charge in [0.1, 0.15) is 5.65 Å². The molecule has 0 aromatic carbocycles. The Kier molecular flexibility index (Phi) is 6.17. The normalized spacial score (nSPS) is 22.4. The second-order valence-electron chi connectivity index (χ2n) is 8.57. The van der Waals surface area contributed by atoms with Crippen LogP contribution in [0.3, 0.4) is 0 Å². The lowest BCUT2D eigenvalue weighted by Crippen LogP contribution is -2.51. The SMILES string of the molecule is CC1CCCC(NC(=O)CN2CCN(c3nc4ccccn4c(=O)c3[N+](=O)[O-])CC2)C1. The summed E-state index contributed by atoms with van der Waals surface area (Å²) in [5, 5.41) is 14.8. The summed E-state index contributed by atoms with van der Waals surface area (Å²) in [6.07, 6.45) is 5.93. The number of amides is 1. The van der Waals surface area contributed by atoms with Crippen LogP contribution in [0.15, 0.2) is 29.2 Å². The van der Waals surface area contributed by atoms with Crippen molar-refractivity contribution in [2.45, 2.75) is 38.6 Å². The van der Waals surface area contributed by atoms with E-state index in [1.165, 1.54) is 17.0 Å². The van der Waals surface area contributed by atoms with Gasteiger partial charge in [0.25, 0.3) is 0 Å². The average Bonchev–Trinajstić information content (AvgIpc) is 2.74. The number of rotatable bonds is 5. The molecule has 166 valence electrons. The topological polar surface area (TPSA) is 113 Å². The Hall–Kier alpha value is -3.01. The first-order valence-electron chi connectivity index (χ1n) is 10.8. The molecule has 1 amide bonds. The van der Waals surface area contributed by atoms with Crippen molar-refractivity contribution in [2.75, 3.05) is 37.6 Å². The van der Waals surface area contributed by atoms with Crippen molar-refractivity contribution in [2.24, 2.45) is 5.92 Å². The van der Waals surface area contributed by atoms with E-state index in [4.69, 9.17) is 0 Å². The molecule has 0 radical (unpaired) electrons. The van der Waals surface area contributed by atoms with Gasteiger partial charge in [0.05, 0.1) is 11.5 Å². The van der Waals surface area contributed by atoms with Gasteiger partial charge in [-0.3, -0.25) is 29.0 Å². The quantitative estimate of drug-likeness (QED) is 0.566. The fourth-order valence-electron chi connectivity index (χ4n) is 4.61. The van der Waals surface area contributed by atoms with Crippen LogP contribution < -0.4 is 15.8 Å². The third-order valence-electron chi connectivity index (χ3n) is 6.22. The Balaban J connectivity index is 1.41. The summed E-state index contributed by atoms with van der Waals surface area (Å²) < 4.78 is 1.19. The molecular formula is C21H28N6O4. The van der Waals surface area contributed by atoms with Crippen LogP contribution in [0.25, 0.3) is 5.65 Å². The van der Waals surface area contributed by atoms with Crippen LogP contribution in [0.1, 0.15) is 32.6 Å². The van der Waals surface area contributed by atoms with Crippen LogP contribution in [0, 0.1) is 16.0 Å². The van der Waals surface area contributed by atoms with E-state index < -0.39 is 16.2 Å². The minimum Gasteiger partial charge on any atom is -0.352 e. The molecule has 1 saturated heterocycles. The van der Waals surface area contributed by atoms with Gasteiger partial charge in [0.2, 0.25) is 11.7 Å². The number of fused-ring (bicyclic) bond motifs is 1. The van der Waals surface area contributed by atoms with E-state index >= 15 is 0 Å². The number of nitrogens with one attached hydrogen (secondary N) is 1. The Bertz CT molecular complexity index is 1030. The molecular weight excluding hydrogens is 400 g/mol. The monoisotopic (exact) mass is 428 g/mol. The van der Waals surface area contributed by atoms with E-state index in [0.717, 1.165) is 19.3 Å². The first-order valence-corrected chi connectivity index (χ1v) is 10.8. The van der Waals surface area contributed by atoms with Gasteiger partial charge in [-0.1, -0.05) is 25.8 Å². The van der Waals surface area contributed by atoms with Gasteiger partial charge in [-0.2, -0.15) is 0 Å². The molecule has 4 rings (SSSR count). The Morgan fingerprint density at radius 3 is 2.74 bits per heavy atom. The van der Waals surface area contributed by atoms with Crippen LogP contribution in [0.2, 0.25) is 0 Å². The zero-order valence-electron chi connectivity index (χ0n) is 17.7. The average molecular weight is 428 g/mol. The molecule has 1 aliphatic heterocycles. The van der Waals surface area contributed by atoms with Gasteiger partial charge in [-0.15, -0.1) is 0 Å².